The Bertz CT molecular complexity index is 1110. The topological polar surface area (TPSA) is 98.0 Å². The summed E-state index contributed by atoms with van der Waals surface area (Å²) in [5.74, 6) is 1.16. The second-order valence-corrected chi connectivity index (χ2v) is 9.01. The molecule has 180 valence electrons. The van der Waals surface area contributed by atoms with E-state index in [0.29, 0.717) is 37.7 Å². The normalized spacial score (nSPS) is 16.6. The molecular weight excluding hydrogens is 456 g/mol. The Balaban J connectivity index is 1.52. The zero-order valence-electron chi connectivity index (χ0n) is 19.5. The van der Waals surface area contributed by atoms with Gasteiger partial charge in [0, 0.05) is 30.6 Å². The molecule has 1 unspecified atom stereocenters. The summed E-state index contributed by atoms with van der Waals surface area (Å²) < 4.78 is 16.8. The Kier molecular flexibility index (Phi) is 7.59. The highest BCUT2D eigenvalue weighted by Gasteiger charge is 2.31. The van der Waals surface area contributed by atoms with Crippen LogP contribution in [0.4, 0.5) is 0 Å². The van der Waals surface area contributed by atoms with Gasteiger partial charge < -0.3 is 23.8 Å². The van der Waals surface area contributed by atoms with Crippen LogP contribution < -0.4 is 4.74 Å². The van der Waals surface area contributed by atoms with Gasteiger partial charge in [0.15, 0.2) is 0 Å². The van der Waals surface area contributed by atoms with Gasteiger partial charge in [-0.1, -0.05) is 17.3 Å². The molecule has 1 aromatic carbocycles. The second kappa shape index (κ2) is 10.8. The molecule has 9 nitrogen and oxygen atoms in total. The van der Waals surface area contributed by atoms with Gasteiger partial charge in [0.1, 0.15) is 11.5 Å². The van der Waals surface area contributed by atoms with E-state index in [1.807, 2.05) is 43.5 Å². The minimum absolute atomic E-state index is 0.00186. The molecule has 1 aliphatic heterocycles. The molecule has 0 N–H and O–H groups in total. The molecule has 0 spiro atoms. The van der Waals surface area contributed by atoms with E-state index in [1.54, 1.807) is 22.4 Å². The van der Waals surface area contributed by atoms with Gasteiger partial charge in [0.2, 0.25) is 11.8 Å². The lowest BCUT2D eigenvalue weighted by Crippen LogP contribution is -2.40. The van der Waals surface area contributed by atoms with E-state index in [0.717, 1.165) is 22.6 Å². The van der Waals surface area contributed by atoms with E-state index in [1.165, 1.54) is 11.3 Å². The monoisotopic (exact) mass is 484 g/mol. The van der Waals surface area contributed by atoms with Crippen molar-refractivity contribution in [3.05, 3.63) is 63.4 Å². The number of ether oxygens (including phenoxy) is 2. The number of carbonyl (C=O) groups is 2. The molecule has 1 atom stereocenters. The van der Waals surface area contributed by atoms with E-state index < -0.39 is 0 Å². The van der Waals surface area contributed by atoms with Crippen molar-refractivity contribution in [2.24, 2.45) is 0 Å². The summed E-state index contributed by atoms with van der Waals surface area (Å²) in [4.78, 5) is 33.7. The fourth-order valence-electron chi connectivity index (χ4n) is 3.92. The highest BCUT2D eigenvalue weighted by atomic mass is 32.1. The molecule has 0 saturated carbocycles. The molecule has 10 heteroatoms. The number of amides is 2. The van der Waals surface area contributed by atoms with Crippen LogP contribution >= 0.6 is 11.3 Å². The first-order valence-electron chi connectivity index (χ1n) is 11.0. The number of carbonyl (C=O) groups excluding carboxylic acids is 2. The first kappa shape index (κ1) is 23.9. The van der Waals surface area contributed by atoms with E-state index in [4.69, 9.17) is 14.0 Å². The Labute approximate surface area is 202 Å². The number of nitrogens with zero attached hydrogens (tertiary/aromatic N) is 4. The van der Waals surface area contributed by atoms with Crippen LogP contribution in [0.5, 0.6) is 5.75 Å². The summed E-state index contributed by atoms with van der Waals surface area (Å²) in [7, 11) is 1.61. The average molecular weight is 485 g/mol. The molecular formula is C24H28N4O5S. The van der Waals surface area contributed by atoms with Crippen molar-refractivity contribution in [1.29, 1.82) is 0 Å². The van der Waals surface area contributed by atoms with Crippen molar-refractivity contribution in [1.82, 2.24) is 19.9 Å². The Morgan fingerprint density at radius 3 is 2.85 bits per heavy atom. The maximum atomic E-state index is 13.2. The van der Waals surface area contributed by atoms with E-state index in [9.17, 15) is 9.59 Å². The van der Waals surface area contributed by atoms with Gasteiger partial charge in [0.25, 0.3) is 0 Å². The van der Waals surface area contributed by atoms with Gasteiger partial charge in [-0.15, -0.1) is 11.3 Å². The van der Waals surface area contributed by atoms with Crippen molar-refractivity contribution in [3.63, 3.8) is 0 Å². The standard InChI is InChI=1S/C24H28N4O5S/c1-16-22(17(2)33-26-16)13-32-21-10-27(9-18-5-4-6-20(7-18)31-3)24(30)12-28(11-21)23(29)8-19-14-34-15-25-19/h4-7,14-15,21H,8-13H2,1-3H3. The van der Waals surface area contributed by atoms with Crippen LogP contribution in [0, 0.1) is 13.8 Å². The third kappa shape index (κ3) is 5.81. The molecule has 2 amide bonds. The third-order valence-corrected chi connectivity index (χ3v) is 6.48. The zero-order valence-corrected chi connectivity index (χ0v) is 20.3. The lowest BCUT2D eigenvalue weighted by atomic mass is 10.2. The number of aromatic nitrogens is 2. The van der Waals surface area contributed by atoms with Gasteiger partial charge in [-0.3, -0.25) is 9.59 Å². The number of methoxy groups -OCH3 is 1. The molecule has 1 aliphatic rings. The quantitative estimate of drug-likeness (QED) is 0.485. The van der Waals surface area contributed by atoms with E-state index in [-0.39, 0.29) is 30.9 Å². The molecule has 1 saturated heterocycles. The van der Waals surface area contributed by atoms with E-state index in [2.05, 4.69) is 10.1 Å². The first-order chi connectivity index (χ1) is 16.4. The first-order valence-corrected chi connectivity index (χ1v) is 12.0. The van der Waals surface area contributed by atoms with E-state index >= 15 is 0 Å². The number of hydrogen-bond donors (Lipinski definition) is 0. The van der Waals surface area contributed by atoms with Gasteiger partial charge >= 0.3 is 0 Å². The van der Waals surface area contributed by atoms with Crippen LogP contribution in [0.2, 0.25) is 0 Å². The molecule has 1 fully saturated rings. The molecule has 34 heavy (non-hydrogen) atoms. The number of hydrogen-bond acceptors (Lipinski definition) is 8. The van der Waals surface area contributed by atoms with Crippen molar-refractivity contribution in [3.8, 4) is 5.75 Å². The minimum atomic E-state index is -0.370. The molecule has 3 heterocycles. The van der Waals surface area contributed by atoms with Crippen LogP contribution in [-0.4, -0.2) is 64.6 Å². The van der Waals surface area contributed by atoms with Crippen molar-refractivity contribution < 1.29 is 23.6 Å². The number of thiazole rings is 1. The summed E-state index contributed by atoms with van der Waals surface area (Å²) in [6, 6.07) is 7.61. The maximum Gasteiger partial charge on any atom is 0.242 e. The van der Waals surface area contributed by atoms with Crippen molar-refractivity contribution in [2.75, 3.05) is 26.7 Å². The predicted octanol–water partition coefficient (Wildman–Crippen LogP) is 2.76. The summed E-state index contributed by atoms with van der Waals surface area (Å²) in [6.45, 7) is 5.07. The molecule has 0 bridgehead atoms. The smallest absolute Gasteiger partial charge is 0.242 e. The van der Waals surface area contributed by atoms with Crippen molar-refractivity contribution in [2.45, 2.75) is 39.5 Å². The second-order valence-electron chi connectivity index (χ2n) is 8.29. The van der Waals surface area contributed by atoms with Gasteiger partial charge in [0.05, 0.1) is 49.7 Å². The number of rotatable bonds is 8. The number of benzene rings is 1. The minimum Gasteiger partial charge on any atom is -0.497 e. The maximum absolute atomic E-state index is 13.2. The molecule has 0 aliphatic carbocycles. The van der Waals surface area contributed by atoms with Crippen LogP contribution in [0.25, 0.3) is 0 Å². The van der Waals surface area contributed by atoms with Crippen LogP contribution in [0.3, 0.4) is 0 Å². The average Bonchev–Trinajstić information content (AvgIpc) is 3.41. The van der Waals surface area contributed by atoms with Crippen LogP contribution in [0.15, 0.2) is 39.7 Å². The number of aryl methyl sites for hydroxylation is 2. The van der Waals surface area contributed by atoms with Gasteiger partial charge in [-0.2, -0.15) is 0 Å². The van der Waals surface area contributed by atoms with Crippen LogP contribution in [0.1, 0.15) is 28.3 Å². The zero-order chi connectivity index (χ0) is 24.1. The fraction of sp³-hybridized carbons (Fsp3) is 0.417. The highest BCUT2D eigenvalue weighted by Crippen LogP contribution is 2.20. The lowest BCUT2D eigenvalue weighted by molar-refractivity contribution is -0.138. The van der Waals surface area contributed by atoms with Gasteiger partial charge in [-0.05, 0) is 31.5 Å². The Morgan fingerprint density at radius 1 is 1.29 bits per heavy atom. The Hall–Kier alpha value is -3.24. The summed E-state index contributed by atoms with van der Waals surface area (Å²) in [5, 5.41) is 5.83. The Morgan fingerprint density at radius 2 is 2.15 bits per heavy atom. The predicted molar refractivity (Wildman–Crippen MR) is 125 cm³/mol. The largest absolute Gasteiger partial charge is 0.497 e. The molecule has 0 radical (unpaired) electrons. The third-order valence-electron chi connectivity index (χ3n) is 5.85. The molecule has 4 rings (SSSR count). The summed E-state index contributed by atoms with van der Waals surface area (Å²) in [6.07, 6.45) is -0.214. The molecule has 3 aromatic rings. The fourth-order valence-corrected chi connectivity index (χ4v) is 4.48. The lowest BCUT2D eigenvalue weighted by Gasteiger charge is -2.25. The van der Waals surface area contributed by atoms with Crippen LogP contribution in [-0.2, 0) is 33.9 Å². The SMILES string of the molecule is COc1cccc(CN2CC(OCc3c(C)noc3C)CN(C(=O)Cc3cscn3)CC2=O)c1. The highest BCUT2D eigenvalue weighted by molar-refractivity contribution is 7.07. The summed E-state index contributed by atoms with van der Waals surface area (Å²) in [5.41, 5.74) is 5.00. The van der Waals surface area contributed by atoms with Crippen molar-refractivity contribution >= 4 is 23.2 Å². The summed E-state index contributed by atoms with van der Waals surface area (Å²) >= 11 is 1.44. The molecule has 2 aromatic heterocycles. The van der Waals surface area contributed by atoms with Gasteiger partial charge in [-0.25, -0.2) is 4.98 Å².